The van der Waals surface area contributed by atoms with E-state index in [1.54, 1.807) is 18.1 Å². The molecule has 136 valence electrons. The third kappa shape index (κ3) is 3.29. The first kappa shape index (κ1) is 17.0. The lowest BCUT2D eigenvalue weighted by atomic mass is 9.86. The molecule has 1 aliphatic heterocycles. The zero-order valence-corrected chi connectivity index (χ0v) is 15.3. The van der Waals surface area contributed by atoms with Crippen LogP contribution in [0.15, 0.2) is 24.3 Å². The van der Waals surface area contributed by atoms with Gasteiger partial charge in [0.2, 0.25) is 16.9 Å². The molecular formula is C18H20N4O3S. The third-order valence-corrected chi connectivity index (χ3v) is 5.99. The molecule has 0 unspecified atom stereocenters. The molecule has 0 radical (unpaired) electrons. The van der Waals surface area contributed by atoms with Gasteiger partial charge in [-0.1, -0.05) is 23.8 Å². The number of hydrogen-bond acceptors (Lipinski definition) is 6. The predicted molar refractivity (Wildman–Crippen MR) is 98.6 cm³/mol. The Hall–Kier alpha value is -2.48. The van der Waals surface area contributed by atoms with Crippen molar-refractivity contribution in [1.82, 2.24) is 10.2 Å². The Morgan fingerprint density at radius 2 is 2.19 bits per heavy atom. The molecule has 1 N–H and O–H groups in total. The zero-order valence-electron chi connectivity index (χ0n) is 14.5. The summed E-state index contributed by atoms with van der Waals surface area (Å²) in [7, 11) is 1.58. The number of carbonyl (C=O) groups excluding carboxylic acids is 2. The van der Waals surface area contributed by atoms with E-state index in [1.165, 1.54) is 17.8 Å². The quantitative estimate of drug-likeness (QED) is 0.872. The second kappa shape index (κ2) is 7.03. The average molecular weight is 372 g/mol. The number of benzene rings is 1. The summed E-state index contributed by atoms with van der Waals surface area (Å²) in [6.07, 6.45) is 3.72. The average Bonchev–Trinajstić information content (AvgIpc) is 3.20. The molecule has 1 aliphatic carbocycles. The molecule has 1 aromatic heterocycles. The minimum Gasteiger partial charge on any atom is -0.497 e. The predicted octanol–water partition coefficient (Wildman–Crippen LogP) is 2.81. The van der Waals surface area contributed by atoms with E-state index < -0.39 is 5.92 Å². The van der Waals surface area contributed by atoms with Gasteiger partial charge in [-0.05, 0) is 25.0 Å². The number of anilines is 2. The van der Waals surface area contributed by atoms with Gasteiger partial charge in [-0.2, -0.15) is 0 Å². The van der Waals surface area contributed by atoms with Gasteiger partial charge in [0.05, 0.1) is 13.0 Å². The van der Waals surface area contributed by atoms with Crippen LogP contribution in [-0.2, 0) is 9.59 Å². The van der Waals surface area contributed by atoms with Crippen LogP contribution >= 0.6 is 11.3 Å². The number of nitrogens with zero attached hydrogens (tertiary/aromatic N) is 3. The van der Waals surface area contributed by atoms with E-state index in [1.807, 2.05) is 18.2 Å². The second-order valence-electron chi connectivity index (χ2n) is 6.67. The van der Waals surface area contributed by atoms with Gasteiger partial charge >= 0.3 is 0 Å². The Morgan fingerprint density at radius 3 is 2.92 bits per heavy atom. The highest BCUT2D eigenvalue weighted by Gasteiger charge is 2.35. The van der Waals surface area contributed by atoms with Crippen molar-refractivity contribution >= 4 is 34.0 Å². The van der Waals surface area contributed by atoms with Gasteiger partial charge in [0.1, 0.15) is 10.8 Å². The van der Waals surface area contributed by atoms with Gasteiger partial charge in [-0.15, -0.1) is 10.2 Å². The van der Waals surface area contributed by atoms with Crippen LogP contribution in [0.25, 0.3) is 0 Å². The van der Waals surface area contributed by atoms with Crippen molar-refractivity contribution in [3.63, 3.8) is 0 Å². The number of aromatic nitrogens is 2. The van der Waals surface area contributed by atoms with Crippen LogP contribution in [0.3, 0.4) is 0 Å². The molecule has 0 bridgehead atoms. The van der Waals surface area contributed by atoms with Crippen LogP contribution in [0.5, 0.6) is 5.75 Å². The minimum absolute atomic E-state index is 0.0641. The summed E-state index contributed by atoms with van der Waals surface area (Å²) < 4.78 is 5.21. The number of rotatable bonds is 5. The van der Waals surface area contributed by atoms with Gasteiger partial charge in [-0.3, -0.25) is 9.59 Å². The van der Waals surface area contributed by atoms with Crippen LogP contribution in [0, 0.1) is 5.92 Å². The van der Waals surface area contributed by atoms with Crippen LogP contribution in [0.2, 0.25) is 0 Å². The van der Waals surface area contributed by atoms with Crippen molar-refractivity contribution in [3.05, 3.63) is 29.3 Å². The van der Waals surface area contributed by atoms with Crippen molar-refractivity contribution < 1.29 is 14.3 Å². The van der Waals surface area contributed by atoms with E-state index >= 15 is 0 Å². The fourth-order valence-corrected chi connectivity index (χ4v) is 4.14. The van der Waals surface area contributed by atoms with Crippen LogP contribution < -0.4 is 15.0 Å². The molecule has 1 atom stereocenters. The SMILES string of the molecule is COc1cccc(N2C[C@@H](C(=O)Nc3nnc(C4CCC4)s3)CC2=O)c1. The number of amides is 2. The maximum atomic E-state index is 12.5. The fourth-order valence-electron chi connectivity index (χ4n) is 3.22. The van der Waals surface area contributed by atoms with E-state index in [-0.39, 0.29) is 18.2 Å². The summed E-state index contributed by atoms with van der Waals surface area (Å²) in [6, 6.07) is 7.30. The highest BCUT2D eigenvalue weighted by Crippen LogP contribution is 2.38. The van der Waals surface area contributed by atoms with E-state index in [0.717, 1.165) is 23.5 Å². The maximum absolute atomic E-state index is 12.5. The van der Waals surface area contributed by atoms with E-state index in [2.05, 4.69) is 15.5 Å². The Labute approximate surface area is 155 Å². The molecule has 1 aromatic carbocycles. The Morgan fingerprint density at radius 1 is 1.35 bits per heavy atom. The largest absolute Gasteiger partial charge is 0.497 e. The summed E-state index contributed by atoms with van der Waals surface area (Å²) >= 11 is 1.44. The molecule has 2 aliphatic rings. The Balaban J connectivity index is 1.41. The van der Waals surface area contributed by atoms with E-state index in [0.29, 0.717) is 23.3 Å². The minimum atomic E-state index is -0.398. The molecule has 4 rings (SSSR count). The lowest BCUT2D eigenvalue weighted by molar-refractivity contribution is -0.122. The summed E-state index contributed by atoms with van der Waals surface area (Å²) in [5, 5.41) is 12.6. The van der Waals surface area contributed by atoms with E-state index in [4.69, 9.17) is 4.74 Å². The summed E-state index contributed by atoms with van der Waals surface area (Å²) in [4.78, 5) is 26.5. The van der Waals surface area contributed by atoms with Gasteiger partial charge in [0, 0.05) is 30.6 Å². The molecular weight excluding hydrogens is 352 g/mol. The molecule has 7 nitrogen and oxygen atoms in total. The summed E-state index contributed by atoms with van der Waals surface area (Å²) in [5.74, 6) is 0.533. The van der Waals surface area contributed by atoms with Crippen molar-refractivity contribution in [2.45, 2.75) is 31.6 Å². The molecule has 8 heteroatoms. The third-order valence-electron chi connectivity index (χ3n) is 4.99. The number of methoxy groups -OCH3 is 1. The van der Waals surface area contributed by atoms with Crippen molar-refractivity contribution in [1.29, 1.82) is 0 Å². The van der Waals surface area contributed by atoms with Crippen LogP contribution in [0.1, 0.15) is 36.6 Å². The highest BCUT2D eigenvalue weighted by atomic mass is 32.1. The first-order valence-electron chi connectivity index (χ1n) is 8.72. The topological polar surface area (TPSA) is 84.4 Å². The Bertz CT molecular complexity index is 833. The van der Waals surface area contributed by atoms with E-state index in [9.17, 15) is 9.59 Å². The van der Waals surface area contributed by atoms with Crippen molar-refractivity contribution in [2.75, 3.05) is 23.9 Å². The van der Waals surface area contributed by atoms with Gasteiger partial charge in [0.15, 0.2) is 0 Å². The lowest BCUT2D eigenvalue weighted by Gasteiger charge is -2.21. The van der Waals surface area contributed by atoms with Gasteiger partial charge in [-0.25, -0.2) is 0 Å². The molecule has 0 spiro atoms. The molecule has 26 heavy (non-hydrogen) atoms. The lowest BCUT2D eigenvalue weighted by Crippen LogP contribution is -2.28. The van der Waals surface area contributed by atoms with Crippen LogP contribution in [-0.4, -0.2) is 35.7 Å². The normalized spacial score (nSPS) is 20.1. The van der Waals surface area contributed by atoms with Crippen molar-refractivity contribution in [3.8, 4) is 5.75 Å². The number of carbonyl (C=O) groups is 2. The number of nitrogens with one attached hydrogen (secondary N) is 1. The second-order valence-corrected chi connectivity index (χ2v) is 7.68. The molecule has 2 amide bonds. The highest BCUT2D eigenvalue weighted by molar-refractivity contribution is 7.15. The number of ether oxygens (including phenoxy) is 1. The number of hydrogen-bond donors (Lipinski definition) is 1. The zero-order chi connectivity index (χ0) is 18.1. The van der Waals surface area contributed by atoms with Crippen LogP contribution in [0.4, 0.5) is 10.8 Å². The molecule has 2 heterocycles. The first-order valence-corrected chi connectivity index (χ1v) is 9.54. The molecule has 1 saturated carbocycles. The first-order chi connectivity index (χ1) is 12.6. The smallest absolute Gasteiger partial charge is 0.231 e. The molecule has 1 saturated heterocycles. The monoisotopic (exact) mass is 372 g/mol. The Kier molecular flexibility index (Phi) is 4.58. The summed E-state index contributed by atoms with van der Waals surface area (Å²) in [6.45, 7) is 0.353. The molecule has 2 aromatic rings. The van der Waals surface area contributed by atoms with Gasteiger partial charge < -0.3 is 15.0 Å². The fraction of sp³-hybridized carbons (Fsp3) is 0.444. The standard InChI is InChI=1S/C18H20N4O3S/c1-25-14-7-3-6-13(9-14)22-10-12(8-15(22)23)16(24)19-18-21-20-17(26-18)11-4-2-5-11/h3,6-7,9,11-12H,2,4-5,8,10H2,1H3,(H,19,21,24)/t12-/m0/s1. The van der Waals surface area contributed by atoms with Gasteiger partial charge in [0.25, 0.3) is 0 Å². The molecule has 2 fully saturated rings. The summed E-state index contributed by atoms with van der Waals surface area (Å²) in [5.41, 5.74) is 0.743. The maximum Gasteiger partial charge on any atom is 0.231 e. The van der Waals surface area contributed by atoms with Crippen molar-refractivity contribution in [2.24, 2.45) is 5.92 Å².